The van der Waals surface area contributed by atoms with Crippen molar-refractivity contribution >= 4 is 11.8 Å². The summed E-state index contributed by atoms with van der Waals surface area (Å²) in [5.41, 5.74) is 0.318. The summed E-state index contributed by atoms with van der Waals surface area (Å²) < 4.78 is 26.8. The number of carbonyl (C=O) groups excluding carboxylic acids is 2. The lowest BCUT2D eigenvalue weighted by Crippen LogP contribution is -2.48. The van der Waals surface area contributed by atoms with E-state index in [0.717, 1.165) is 18.9 Å². The molecule has 0 aliphatic carbocycles. The number of nitrogens with one attached hydrogen (secondary N) is 3. The first-order valence-corrected chi connectivity index (χ1v) is 8.26. The zero-order valence-corrected chi connectivity index (χ0v) is 13.7. The maximum Gasteiger partial charge on any atom is 0.242 e. The summed E-state index contributed by atoms with van der Waals surface area (Å²) in [7, 11) is 0. The second-order valence-electron chi connectivity index (χ2n) is 5.91. The molecule has 0 bridgehead atoms. The van der Waals surface area contributed by atoms with Gasteiger partial charge in [-0.1, -0.05) is 13.0 Å². The monoisotopic (exact) mass is 339 g/mol. The van der Waals surface area contributed by atoms with E-state index in [2.05, 4.69) is 16.0 Å². The van der Waals surface area contributed by atoms with Gasteiger partial charge in [0.25, 0.3) is 0 Å². The van der Waals surface area contributed by atoms with E-state index in [-0.39, 0.29) is 18.4 Å². The van der Waals surface area contributed by atoms with Crippen LogP contribution in [-0.4, -0.2) is 30.9 Å². The van der Waals surface area contributed by atoms with E-state index in [1.807, 2.05) is 6.92 Å². The number of halogens is 2. The van der Waals surface area contributed by atoms with E-state index in [4.69, 9.17) is 0 Å². The van der Waals surface area contributed by atoms with Crippen LogP contribution in [-0.2, 0) is 9.59 Å². The molecule has 3 N–H and O–H groups in total. The summed E-state index contributed by atoms with van der Waals surface area (Å²) in [6.45, 7) is 2.43. The largest absolute Gasteiger partial charge is 0.354 e. The van der Waals surface area contributed by atoms with Gasteiger partial charge in [-0.2, -0.15) is 0 Å². The van der Waals surface area contributed by atoms with Crippen LogP contribution in [0.2, 0.25) is 0 Å². The van der Waals surface area contributed by atoms with Gasteiger partial charge in [0.1, 0.15) is 17.7 Å². The molecule has 7 heteroatoms. The second kappa shape index (κ2) is 8.73. The number of carbonyl (C=O) groups is 2. The van der Waals surface area contributed by atoms with Gasteiger partial charge < -0.3 is 16.0 Å². The van der Waals surface area contributed by atoms with Gasteiger partial charge in [-0.15, -0.1) is 0 Å². The average Bonchev–Trinajstić information content (AvgIpc) is 2.74. The Bertz CT molecular complexity index is 595. The molecule has 1 aromatic rings. The lowest BCUT2D eigenvalue weighted by molar-refractivity contribution is -0.128. The Kier molecular flexibility index (Phi) is 6.66. The van der Waals surface area contributed by atoms with E-state index in [1.165, 1.54) is 12.1 Å². The minimum absolute atomic E-state index is 0.0426. The van der Waals surface area contributed by atoms with Gasteiger partial charge >= 0.3 is 0 Å². The molecule has 1 aliphatic heterocycles. The summed E-state index contributed by atoms with van der Waals surface area (Å²) in [5, 5.41) is 8.41. The van der Waals surface area contributed by atoms with Gasteiger partial charge in [-0.3, -0.25) is 9.59 Å². The van der Waals surface area contributed by atoms with Gasteiger partial charge in [0.15, 0.2) is 0 Å². The first kappa shape index (κ1) is 18.3. The Hall–Kier alpha value is -2.02. The van der Waals surface area contributed by atoms with Crippen LogP contribution in [0.3, 0.4) is 0 Å². The third-order valence-electron chi connectivity index (χ3n) is 4.13. The standard InChI is InChI=1S/C17H23F2N3O2/c1-2-14(12-7-6-11(18)9-13(12)19)21-10-16(23)22-15-5-3-4-8-20-17(15)24/h6-7,9,14-15,21H,2-5,8,10H2,1H3,(H,20,24)(H,22,23)/t14-,15-/m1/s1. The fourth-order valence-electron chi connectivity index (χ4n) is 2.80. The summed E-state index contributed by atoms with van der Waals surface area (Å²) in [5.74, 6) is -1.77. The fourth-order valence-corrected chi connectivity index (χ4v) is 2.80. The Morgan fingerprint density at radius 3 is 2.88 bits per heavy atom. The van der Waals surface area contributed by atoms with Crippen LogP contribution in [0.15, 0.2) is 18.2 Å². The maximum atomic E-state index is 13.8. The summed E-state index contributed by atoms with van der Waals surface area (Å²) >= 11 is 0. The molecular weight excluding hydrogens is 316 g/mol. The first-order chi connectivity index (χ1) is 11.5. The smallest absolute Gasteiger partial charge is 0.242 e. The van der Waals surface area contributed by atoms with Gasteiger partial charge in [0.05, 0.1) is 6.54 Å². The first-order valence-electron chi connectivity index (χ1n) is 8.26. The van der Waals surface area contributed by atoms with Gasteiger partial charge in [0.2, 0.25) is 11.8 Å². The number of hydrogen-bond acceptors (Lipinski definition) is 3. The Morgan fingerprint density at radius 1 is 1.38 bits per heavy atom. The Labute approximate surface area is 140 Å². The predicted molar refractivity (Wildman–Crippen MR) is 86.2 cm³/mol. The van der Waals surface area contributed by atoms with Crippen molar-refractivity contribution in [3.05, 3.63) is 35.4 Å². The Morgan fingerprint density at radius 2 is 2.17 bits per heavy atom. The highest BCUT2D eigenvalue weighted by Crippen LogP contribution is 2.20. The van der Waals surface area contributed by atoms with Crippen LogP contribution < -0.4 is 16.0 Å². The van der Waals surface area contributed by atoms with E-state index in [1.54, 1.807) is 0 Å². The molecule has 1 aromatic carbocycles. The molecule has 5 nitrogen and oxygen atoms in total. The molecule has 2 rings (SSSR count). The molecule has 1 saturated heterocycles. The molecule has 1 heterocycles. The van der Waals surface area contributed by atoms with Crippen molar-refractivity contribution in [1.29, 1.82) is 0 Å². The minimum atomic E-state index is -0.641. The van der Waals surface area contributed by atoms with Crippen molar-refractivity contribution in [3.8, 4) is 0 Å². The summed E-state index contributed by atoms with van der Waals surface area (Å²) in [4.78, 5) is 23.9. The van der Waals surface area contributed by atoms with Crippen molar-refractivity contribution in [2.45, 2.75) is 44.7 Å². The molecule has 0 unspecified atom stereocenters. The van der Waals surface area contributed by atoms with E-state index >= 15 is 0 Å². The van der Waals surface area contributed by atoms with Crippen molar-refractivity contribution < 1.29 is 18.4 Å². The normalized spacial score (nSPS) is 19.3. The predicted octanol–water partition coefficient (Wildman–Crippen LogP) is 1.79. The van der Waals surface area contributed by atoms with Gasteiger partial charge in [-0.25, -0.2) is 8.78 Å². The van der Waals surface area contributed by atoms with Crippen LogP contribution in [0.5, 0.6) is 0 Å². The van der Waals surface area contributed by atoms with E-state index in [0.29, 0.717) is 24.9 Å². The van der Waals surface area contributed by atoms with Crippen molar-refractivity contribution in [2.24, 2.45) is 0 Å². The number of amides is 2. The molecule has 0 saturated carbocycles. The topological polar surface area (TPSA) is 70.2 Å². The molecule has 0 radical (unpaired) electrons. The summed E-state index contributed by atoms with van der Waals surface area (Å²) in [6, 6.07) is 2.47. The van der Waals surface area contributed by atoms with E-state index in [9.17, 15) is 18.4 Å². The van der Waals surface area contributed by atoms with Crippen molar-refractivity contribution in [1.82, 2.24) is 16.0 Å². The quantitative estimate of drug-likeness (QED) is 0.740. The highest BCUT2D eigenvalue weighted by Gasteiger charge is 2.23. The van der Waals surface area contributed by atoms with Crippen LogP contribution in [0.25, 0.3) is 0 Å². The number of hydrogen-bond donors (Lipinski definition) is 3. The maximum absolute atomic E-state index is 13.8. The average molecular weight is 339 g/mol. The molecule has 1 aliphatic rings. The molecule has 0 spiro atoms. The van der Waals surface area contributed by atoms with Crippen LogP contribution >= 0.6 is 0 Å². The van der Waals surface area contributed by atoms with E-state index < -0.39 is 23.7 Å². The Balaban J connectivity index is 1.90. The van der Waals surface area contributed by atoms with Gasteiger partial charge in [-0.05, 0) is 31.7 Å². The molecular formula is C17H23F2N3O2. The molecule has 132 valence electrons. The van der Waals surface area contributed by atoms with Crippen molar-refractivity contribution in [3.63, 3.8) is 0 Å². The van der Waals surface area contributed by atoms with Crippen LogP contribution in [0, 0.1) is 11.6 Å². The molecule has 2 amide bonds. The minimum Gasteiger partial charge on any atom is -0.354 e. The SMILES string of the molecule is CC[C@@H](NCC(=O)N[C@@H]1CCCCNC1=O)c1ccc(F)cc1F. The lowest BCUT2D eigenvalue weighted by atomic mass is 10.0. The fraction of sp³-hybridized carbons (Fsp3) is 0.529. The zero-order valence-electron chi connectivity index (χ0n) is 13.7. The highest BCUT2D eigenvalue weighted by atomic mass is 19.1. The number of rotatable bonds is 6. The highest BCUT2D eigenvalue weighted by molar-refractivity contribution is 5.88. The second-order valence-corrected chi connectivity index (χ2v) is 5.91. The molecule has 0 aromatic heterocycles. The zero-order chi connectivity index (χ0) is 17.5. The lowest BCUT2D eigenvalue weighted by Gasteiger charge is -2.20. The molecule has 24 heavy (non-hydrogen) atoms. The molecule has 2 atom stereocenters. The summed E-state index contributed by atoms with van der Waals surface area (Å²) in [6.07, 6.45) is 2.93. The number of benzene rings is 1. The van der Waals surface area contributed by atoms with Gasteiger partial charge in [0, 0.05) is 24.2 Å². The third-order valence-corrected chi connectivity index (χ3v) is 4.13. The molecule has 1 fully saturated rings. The third kappa shape index (κ3) is 4.99. The van der Waals surface area contributed by atoms with Crippen molar-refractivity contribution in [2.75, 3.05) is 13.1 Å². The van der Waals surface area contributed by atoms with Crippen LogP contribution in [0.4, 0.5) is 8.78 Å². The van der Waals surface area contributed by atoms with Crippen LogP contribution in [0.1, 0.15) is 44.2 Å².